The average molecular weight is 597 g/mol. The first-order chi connectivity index (χ1) is 19.6. The third-order valence-electron chi connectivity index (χ3n) is 6.33. The number of nitrogens with one attached hydrogen (secondary N) is 2. The van der Waals surface area contributed by atoms with Crippen molar-refractivity contribution in [2.24, 2.45) is 0 Å². The quantitative estimate of drug-likeness (QED) is 0.295. The number of aromatic amines is 1. The van der Waals surface area contributed by atoms with E-state index in [1.54, 1.807) is 20.8 Å². The normalized spacial score (nSPS) is 24.4. The number of hydrogen-bond acceptors (Lipinski definition) is 12. The molecule has 0 bridgehead atoms. The van der Waals surface area contributed by atoms with Crippen molar-refractivity contribution in [2.75, 3.05) is 13.2 Å². The summed E-state index contributed by atoms with van der Waals surface area (Å²) >= 11 is 0. The minimum Gasteiger partial charge on any atom is -0.464 e. The van der Waals surface area contributed by atoms with Crippen LogP contribution in [0.25, 0.3) is 0 Å². The zero-order valence-corrected chi connectivity index (χ0v) is 24.2. The molecule has 2 saturated heterocycles. The van der Waals surface area contributed by atoms with E-state index in [1.165, 1.54) is 4.90 Å². The van der Waals surface area contributed by atoms with Gasteiger partial charge in [-0.15, -0.1) is 0 Å². The van der Waals surface area contributed by atoms with Gasteiger partial charge >= 0.3 is 29.7 Å². The molecule has 0 radical (unpaired) electrons. The minimum absolute atomic E-state index is 0.267. The van der Waals surface area contributed by atoms with Gasteiger partial charge in [0.2, 0.25) is 5.91 Å². The summed E-state index contributed by atoms with van der Waals surface area (Å²) in [5.41, 5.74) is -2.41. The number of carbonyl (C=O) groups excluding carboxylic acids is 5. The van der Waals surface area contributed by atoms with Crippen molar-refractivity contribution in [2.45, 2.75) is 96.6 Å². The molecule has 2 amide bonds. The molecule has 0 aliphatic carbocycles. The van der Waals surface area contributed by atoms with Crippen LogP contribution in [0, 0.1) is 0 Å². The van der Waals surface area contributed by atoms with E-state index in [-0.39, 0.29) is 6.54 Å². The number of aromatic nitrogens is 2. The van der Waals surface area contributed by atoms with E-state index in [2.05, 4.69) is 10.3 Å². The average Bonchev–Trinajstić information content (AvgIpc) is 3.46. The second-order valence-corrected chi connectivity index (χ2v) is 10.9. The Morgan fingerprint density at radius 1 is 1.05 bits per heavy atom. The lowest BCUT2D eigenvalue weighted by Gasteiger charge is -2.31. The lowest BCUT2D eigenvalue weighted by atomic mass is 10.0. The monoisotopic (exact) mass is 596 g/mol. The topological polar surface area (TPSA) is 202 Å². The number of nitrogens with zero attached hydrogens (tertiary/aromatic N) is 2. The van der Waals surface area contributed by atoms with Crippen LogP contribution in [0.2, 0.25) is 0 Å². The number of ether oxygens (including phenoxy) is 5. The summed E-state index contributed by atoms with van der Waals surface area (Å²) in [6, 6.07) is -1.11. The van der Waals surface area contributed by atoms with Crippen molar-refractivity contribution in [1.29, 1.82) is 0 Å². The van der Waals surface area contributed by atoms with Gasteiger partial charge in [-0.1, -0.05) is 0 Å². The van der Waals surface area contributed by atoms with Gasteiger partial charge in [-0.05, 0) is 33.6 Å². The molecule has 2 N–H and O–H groups in total. The molecule has 2 aliphatic heterocycles. The maximum atomic E-state index is 13.5. The number of hydrogen-bond donors (Lipinski definition) is 2. The van der Waals surface area contributed by atoms with Crippen LogP contribution in [0.3, 0.4) is 0 Å². The number of likely N-dealkylation sites (tertiary alicyclic amines) is 1. The maximum absolute atomic E-state index is 13.5. The highest BCUT2D eigenvalue weighted by atomic mass is 16.6. The Morgan fingerprint density at radius 3 is 2.26 bits per heavy atom. The zero-order chi connectivity index (χ0) is 31.4. The number of carbonyl (C=O) groups is 5. The lowest BCUT2D eigenvalue weighted by molar-refractivity contribution is -0.166. The van der Waals surface area contributed by atoms with Gasteiger partial charge in [0.1, 0.15) is 24.4 Å². The molecule has 0 spiro atoms. The van der Waals surface area contributed by atoms with Gasteiger partial charge in [-0.25, -0.2) is 9.59 Å². The highest BCUT2D eigenvalue weighted by Crippen LogP contribution is 2.35. The van der Waals surface area contributed by atoms with Crippen LogP contribution in [0.5, 0.6) is 0 Å². The predicted molar refractivity (Wildman–Crippen MR) is 141 cm³/mol. The van der Waals surface area contributed by atoms with E-state index in [0.717, 1.165) is 37.6 Å². The van der Waals surface area contributed by atoms with Gasteiger partial charge < -0.3 is 29.0 Å². The molecular formula is C26H36N4O12. The van der Waals surface area contributed by atoms with E-state index >= 15 is 0 Å². The Bertz CT molecular complexity index is 1320. The van der Waals surface area contributed by atoms with Crippen LogP contribution in [-0.4, -0.2) is 93.5 Å². The van der Waals surface area contributed by atoms with Gasteiger partial charge in [0.25, 0.3) is 5.56 Å². The molecule has 16 nitrogen and oxygen atoms in total. The van der Waals surface area contributed by atoms with Crippen molar-refractivity contribution in [3.8, 4) is 0 Å². The molecule has 232 valence electrons. The van der Waals surface area contributed by atoms with E-state index < -0.39 is 90.0 Å². The van der Waals surface area contributed by atoms with Crippen LogP contribution < -0.4 is 16.6 Å². The molecule has 16 heteroatoms. The van der Waals surface area contributed by atoms with Gasteiger partial charge in [-0.3, -0.25) is 38.4 Å². The van der Waals surface area contributed by atoms with Gasteiger partial charge in [0.05, 0.1) is 6.04 Å². The van der Waals surface area contributed by atoms with Crippen molar-refractivity contribution in [1.82, 2.24) is 19.8 Å². The first kappa shape index (κ1) is 32.3. The standard InChI is InChI=1S/C26H36N4O12/c1-13(31)38-12-16(27-22(35)17-8-7-10-29(17)25(37)42-26(4,5)6)19-20(39-14(2)32)21(40-15(3)33)23(41-19)30-11-9-18(34)28-24(30)36/h9,11,16-17,19-21,23H,7-8,10,12H2,1-6H3,(H,27,35)(H,28,34,36)/t16-,17-,19-,20-,21-,23-/m1/s1. The first-order valence-corrected chi connectivity index (χ1v) is 13.3. The zero-order valence-electron chi connectivity index (χ0n) is 24.2. The Labute approximate surface area is 240 Å². The van der Waals surface area contributed by atoms with E-state index in [9.17, 15) is 33.6 Å². The molecule has 1 aromatic rings. The fourth-order valence-corrected chi connectivity index (χ4v) is 4.77. The molecule has 6 atom stereocenters. The van der Waals surface area contributed by atoms with Crippen molar-refractivity contribution < 1.29 is 47.7 Å². The number of H-pyrrole nitrogens is 1. The van der Waals surface area contributed by atoms with Gasteiger partial charge in [-0.2, -0.15) is 0 Å². The molecule has 0 aromatic carbocycles. The van der Waals surface area contributed by atoms with Crippen LogP contribution in [0.15, 0.2) is 21.9 Å². The lowest BCUT2D eigenvalue weighted by Crippen LogP contribution is -2.56. The van der Waals surface area contributed by atoms with Crippen molar-refractivity contribution in [3.63, 3.8) is 0 Å². The van der Waals surface area contributed by atoms with Crippen LogP contribution in [0.4, 0.5) is 4.79 Å². The highest BCUT2D eigenvalue weighted by molar-refractivity contribution is 5.86. The Morgan fingerprint density at radius 2 is 1.69 bits per heavy atom. The molecule has 1 aromatic heterocycles. The number of rotatable bonds is 8. The summed E-state index contributed by atoms with van der Waals surface area (Å²) in [5, 5.41) is 2.71. The Hall–Kier alpha value is -4.21. The number of esters is 3. The molecular weight excluding hydrogens is 560 g/mol. The molecule has 3 heterocycles. The third kappa shape index (κ3) is 8.18. The predicted octanol–water partition coefficient (Wildman–Crippen LogP) is -0.255. The molecule has 3 rings (SSSR count). The van der Waals surface area contributed by atoms with Crippen molar-refractivity contribution >= 4 is 29.9 Å². The summed E-state index contributed by atoms with van der Waals surface area (Å²) in [5.74, 6) is -2.93. The van der Waals surface area contributed by atoms with E-state index in [4.69, 9.17) is 23.7 Å². The van der Waals surface area contributed by atoms with Crippen molar-refractivity contribution in [3.05, 3.63) is 33.1 Å². The summed E-state index contributed by atoms with van der Waals surface area (Å²) < 4.78 is 28.5. The third-order valence-corrected chi connectivity index (χ3v) is 6.33. The van der Waals surface area contributed by atoms with Gasteiger partial charge in [0.15, 0.2) is 18.4 Å². The Kier molecular flexibility index (Phi) is 10.1. The summed E-state index contributed by atoms with van der Waals surface area (Å²) in [7, 11) is 0. The smallest absolute Gasteiger partial charge is 0.410 e. The van der Waals surface area contributed by atoms with Gasteiger partial charge in [0, 0.05) is 39.6 Å². The summed E-state index contributed by atoms with van der Waals surface area (Å²) in [6.07, 6.45) is -4.31. The fraction of sp³-hybridized carbons (Fsp3) is 0.654. The second kappa shape index (κ2) is 13.2. The minimum atomic E-state index is -1.42. The summed E-state index contributed by atoms with van der Waals surface area (Å²) in [4.78, 5) is 89.8. The SMILES string of the molecule is CC(=O)OC[C@@H](NC(=O)[C@H]1CCCN1C(=O)OC(C)(C)C)[C@H]1O[C@@H](n2ccc(=O)[nH]c2=O)[C@H](OC(C)=O)[C@@H]1OC(C)=O. The molecule has 0 unspecified atom stereocenters. The molecule has 0 saturated carbocycles. The van der Waals surface area contributed by atoms with E-state index in [1.807, 2.05) is 0 Å². The summed E-state index contributed by atoms with van der Waals surface area (Å²) in [6.45, 7) is 8.21. The molecule has 2 aliphatic rings. The van der Waals surface area contributed by atoms with E-state index in [0.29, 0.717) is 12.8 Å². The maximum Gasteiger partial charge on any atom is 0.410 e. The first-order valence-electron chi connectivity index (χ1n) is 13.3. The molecule has 42 heavy (non-hydrogen) atoms. The Balaban J connectivity index is 1.98. The fourth-order valence-electron chi connectivity index (χ4n) is 4.77. The number of amides is 2. The highest BCUT2D eigenvalue weighted by Gasteiger charge is 2.54. The van der Waals surface area contributed by atoms with Crippen LogP contribution >= 0.6 is 0 Å². The largest absolute Gasteiger partial charge is 0.464 e. The molecule has 2 fully saturated rings. The second-order valence-electron chi connectivity index (χ2n) is 10.9. The van der Waals surface area contributed by atoms with Crippen LogP contribution in [-0.2, 0) is 42.9 Å². The van der Waals surface area contributed by atoms with Crippen LogP contribution in [0.1, 0.15) is 60.6 Å².